The molecule has 0 atom stereocenters. The predicted molar refractivity (Wildman–Crippen MR) is 93.9 cm³/mol. The van der Waals surface area contributed by atoms with Gasteiger partial charge in [-0.2, -0.15) is 0 Å². The van der Waals surface area contributed by atoms with Gasteiger partial charge in [0, 0.05) is 11.3 Å². The minimum absolute atomic E-state index is 0.0891. The van der Waals surface area contributed by atoms with E-state index in [1.165, 1.54) is 0 Å². The molecule has 0 fully saturated rings. The largest absolute Gasteiger partial charge is 0.454 e. The smallest absolute Gasteiger partial charge is 0.342 e. The van der Waals surface area contributed by atoms with E-state index < -0.39 is 5.97 Å². The summed E-state index contributed by atoms with van der Waals surface area (Å²) in [6.07, 6.45) is 0. The zero-order chi connectivity index (χ0) is 17.9. The van der Waals surface area contributed by atoms with Crippen LogP contribution in [-0.4, -0.2) is 23.3 Å². The SMILES string of the molecule is Cc1cc(C)c(C(=O)OCC(=O)c2ccc(C(C)C)cc2)c(Cl)n1. The van der Waals surface area contributed by atoms with E-state index in [4.69, 9.17) is 16.3 Å². The summed E-state index contributed by atoms with van der Waals surface area (Å²) >= 11 is 6.01. The van der Waals surface area contributed by atoms with Crippen LogP contribution in [0, 0.1) is 13.8 Å². The fraction of sp³-hybridized carbons (Fsp3) is 0.316. The van der Waals surface area contributed by atoms with Gasteiger partial charge in [0.2, 0.25) is 0 Å². The molecule has 0 aliphatic rings. The lowest BCUT2D eigenvalue weighted by Gasteiger charge is -2.09. The third-order valence-electron chi connectivity index (χ3n) is 3.74. The Hall–Kier alpha value is -2.20. The van der Waals surface area contributed by atoms with Crippen LogP contribution in [0.1, 0.15) is 57.3 Å². The van der Waals surface area contributed by atoms with Crippen molar-refractivity contribution in [1.29, 1.82) is 0 Å². The number of carbonyl (C=O) groups is 2. The average Bonchev–Trinajstić information content (AvgIpc) is 2.51. The molecule has 2 rings (SSSR count). The fourth-order valence-electron chi connectivity index (χ4n) is 2.38. The van der Waals surface area contributed by atoms with E-state index in [0.29, 0.717) is 17.0 Å². The third kappa shape index (κ3) is 4.20. The molecule has 1 aromatic carbocycles. The van der Waals surface area contributed by atoms with Crippen LogP contribution in [0.4, 0.5) is 0 Å². The van der Waals surface area contributed by atoms with Crippen molar-refractivity contribution in [3.8, 4) is 0 Å². The number of ketones is 1. The van der Waals surface area contributed by atoms with Crippen LogP contribution in [0.5, 0.6) is 0 Å². The molecule has 0 saturated heterocycles. The Morgan fingerprint density at radius 3 is 2.33 bits per heavy atom. The number of nitrogens with zero attached hydrogens (tertiary/aromatic N) is 1. The Morgan fingerprint density at radius 1 is 1.17 bits per heavy atom. The minimum atomic E-state index is -0.642. The Bertz CT molecular complexity index is 744. The monoisotopic (exact) mass is 345 g/mol. The van der Waals surface area contributed by atoms with E-state index in [2.05, 4.69) is 18.8 Å². The summed E-state index contributed by atoms with van der Waals surface area (Å²) in [5.41, 5.74) is 3.25. The highest BCUT2D eigenvalue weighted by molar-refractivity contribution is 6.32. The first-order valence-corrected chi connectivity index (χ1v) is 8.11. The maximum atomic E-state index is 12.2. The summed E-state index contributed by atoms with van der Waals surface area (Å²) in [6.45, 7) is 7.38. The van der Waals surface area contributed by atoms with Crippen molar-refractivity contribution in [2.45, 2.75) is 33.6 Å². The molecule has 0 spiro atoms. The molecule has 4 nitrogen and oxygen atoms in total. The molecule has 5 heteroatoms. The van der Waals surface area contributed by atoms with Gasteiger partial charge in [-0.25, -0.2) is 9.78 Å². The Balaban J connectivity index is 2.05. The highest BCUT2D eigenvalue weighted by atomic mass is 35.5. The Labute approximate surface area is 146 Å². The van der Waals surface area contributed by atoms with E-state index in [9.17, 15) is 9.59 Å². The number of carbonyl (C=O) groups excluding carboxylic acids is 2. The molecule has 2 aromatic rings. The van der Waals surface area contributed by atoms with E-state index in [1.54, 1.807) is 32.0 Å². The second kappa shape index (κ2) is 7.58. The first kappa shape index (κ1) is 18.1. The number of aryl methyl sites for hydroxylation is 2. The number of halogens is 1. The average molecular weight is 346 g/mol. The van der Waals surface area contributed by atoms with Gasteiger partial charge in [-0.3, -0.25) is 4.79 Å². The van der Waals surface area contributed by atoms with E-state index in [1.807, 2.05) is 12.1 Å². The molecule has 1 heterocycles. The van der Waals surface area contributed by atoms with Crippen molar-refractivity contribution in [1.82, 2.24) is 4.98 Å². The van der Waals surface area contributed by atoms with Crippen molar-refractivity contribution < 1.29 is 14.3 Å². The van der Waals surface area contributed by atoms with E-state index in [0.717, 1.165) is 11.3 Å². The zero-order valence-electron chi connectivity index (χ0n) is 14.2. The quantitative estimate of drug-likeness (QED) is 0.454. The molecule has 24 heavy (non-hydrogen) atoms. The summed E-state index contributed by atoms with van der Waals surface area (Å²) in [4.78, 5) is 28.4. The van der Waals surface area contributed by atoms with Crippen molar-refractivity contribution in [2.75, 3.05) is 6.61 Å². The summed E-state index contributed by atoms with van der Waals surface area (Å²) in [5, 5.41) is 0.0891. The predicted octanol–water partition coefficient (Wildman–Crippen LogP) is 4.51. The van der Waals surface area contributed by atoms with Crippen LogP contribution in [0.25, 0.3) is 0 Å². The van der Waals surface area contributed by atoms with Crippen molar-refractivity contribution in [2.24, 2.45) is 0 Å². The van der Waals surface area contributed by atoms with Crippen LogP contribution in [0.15, 0.2) is 30.3 Å². The number of aromatic nitrogens is 1. The topological polar surface area (TPSA) is 56.3 Å². The van der Waals surface area contributed by atoms with Gasteiger partial charge in [-0.05, 0) is 37.0 Å². The number of esters is 1. The lowest BCUT2D eigenvalue weighted by Crippen LogP contribution is -2.16. The van der Waals surface area contributed by atoms with Gasteiger partial charge in [0.25, 0.3) is 0 Å². The number of hydrogen-bond donors (Lipinski definition) is 0. The maximum absolute atomic E-state index is 12.2. The Morgan fingerprint density at radius 2 is 1.79 bits per heavy atom. The van der Waals surface area contributed by atoms with E-state index >= 15 is 0 Å². The van der Waals surface area contributed by atoms with Gasteiger partial charge in [0.1, 0.15) is 5.15 Å². The van der Waals surface area contributed by atoms with Crippen LogP contribution < -0.4 is 0 Å². The van der Waals surface area contributed by atoms with Crippen LogP contribution in [0.3, 0.4) is 0 Å². The zero-order valence-corrected chi connectivity index (χ0v) is 15.0. The summed E-state index contributed by atoms with van der Waals surface area (Å²) in [7, 11) is 0. The molecule has 0 bridgehead atoms. The number of ether oxygens (including phenoxy) is 1. The van der Waals surface area contributed by atoms with Crippen LogP contribution in [0.2, 0.25) is 5.15 Å². The summed E-state index contributed by atoms with van der Waals surface area (Å²) in [5.74, 6) is -0.504. The lowest BCUT2D eigenvalue weighted by atomic mass is 10.0. The van der Waals surface area contributed by atoms with Gasteiger partial charge >= 0.3 is 5.97 Å². The van der Waals surface area contributed by atoms with Gasteiger partial charge in [0.05, 0.1) is 5.56 Å². The summed E-state index contributed by atoms with van der Waals surface area (Å²) < 4.78 is 5.11. The van der Waals surface area contributed by atoms with Gasteiger partial charge in [-0.15, -0.1) is 0 Å². The van der Waals surface area contributed by atoms with Crippen LogP contribution >= 0.6 is 11.6 Å². The minimum Gasteiger partial charge on any atom is -0.454 e. The molecule has 0 saturated carbocycles. The maximum Gasteiger partial charge on any atom is 0.342 e. The lowest BCUT2D eigenvalue weighted by molar-refractivity contribution is 0.0473. The van der Waals surface area contributed by atoms with Crippen molar-refractivity contribution >= 4 is 23.4 Å². The van der Waals surface area contributed by atoms with E-state index in [-0.39, 0.29) is 23.1 Å². The van der Waals surface area contributed by atoms with Crippen LogP contribution in [-0.2, 0) is 4.74 Å². The third-order valence-corrected chi connectivity index (χ3v) is 4.01. The standard InChI is InChI=1S/C19H20ClNO3/c1-11(2)14-5-7-15(8-6-14)16(22)10-24-19(23)17-12(3)9-13(4)21-18(17)20/h5-9,11H,10H2,1-4H3. The molecule has 126 valence electrons. The molecule has 0 amide bonds. The van der Waals surface area contributed by atoms with Gasteiger partial charge < -0.3 is 4.74 Å². The Kier molecular flexibility index (Phi) is 5.73. The number of pyridine rings is 1. The van der Waals surface area contributed by atoms with Crippen molar-refractivity contribution in [3.63, 3.8) is 0 Å². The summed E-state index contributed by atoms with van der Waals surface area (Å²) in [6, 6.07) is 9.05. The molecular formula is C19H20ClNO3. The first-order valence-electron chi connectivity index (χ1n) is 7.73. The number of benzene rings is 1. The molecule has 1 aromatic heterocycles. The molecule has 0 aliphatic carbocycles. The molecule has 0 unspecified atom stereocenters. The first-order chi connectivity index (χ1) is 11.3. The number of rotatable bonds is 5. The number of hydrogen-bond acceptors (Lipinski definition) is 4. The highest BCUT2D eigenvalue weighted by Gasteiger charge is 2.18. The second-order valence-corrected chi connectivity index (χ2v) is 6.38. The highest BCUT2D eigenvalue weighted by Crippen LogP contribution is 2.20. The van der Waals surface area contributed by atoms with Crippen molar-refractivity contribution in [3.05, 3.63) is 63.4 Å². The molecule has 0 aliphatic heterocycles. The molecular weight excluding hydrogens is 326 g/mol. The van der Waals surface area contributed by atoms with Gasteiger partial charge in [-0.1, -0.05) is 49.7 Å². The molecule has 0 N–H and O–H groups in total. The number of Topliss-reactive ketones (excluding diaryl/α,β-unsaturated/α-hetero) is 1. The van der Waals surface area contributed by atoms with Gasteiger partial charge in [0.15, 0.2) is 12.4 Å². The molecule has 0 radical (unpaired) electrons. The fourth-order valence-corrected chi connectivity index (χ4v) is 2.74. The second-order valence-electron chi connectivity index (χ2n) is 6.02. The normalized spacial score (nSPS) is 10.8.